The molecular formula is C38H25N3S. The van der Waals surface area contributed by atoms with Gasteiger partial charge in [-0.3, -0.25) is 4.57 Å². The van der Waals surface area contributed by atoms with Crippen molar-refractivity contribution in [2.24, 2.45) is 4.99 Å². The highest BCUT2D eigenvalue weighted by atomic mass is 32.1. The fraction of sp³-hybridized carbons (Fsp3) is 0.0263. The number of aliphatic imine (C=N–C) groups is 1. The van der Waals surface area contributed by atoms with Crippen molar-refractivity contribution in [1.29, 1.82) is 0 Å². The highest BCUT2D eigenvalue weighted by molar-refractivity contribution is 7.19. The normalized spacial score (nSPS) is 14.8. The van der Waals surface area contributed by atoms with E-state index in [9.17, 15) is 0 Å². The summed E-state index contributed by atoms with van der Waals surface area (Å²) in [6, 6.07) is 50.0. The summed E-state index contributed by atoms with van der Waals surface area (Å²) in [4.78, 5) is 6.62. The Bertz CT molecular complexity index is 2320. The number of hydrogen-bond acceptors (Lipinski definition) is 3. The van der Waals surface area contributed by atoms with Crippen molar-refractivity contribution in [2.75, 3.05) is 0 Å². The predicted octanol–water partition coefficient (Wildman–Crippen LogP) is 10.1. The Morgan fingerprint density at radius 3 is 2.07 bits per heavy atom. The Hall–Kier alpha value is -5.19. The van der Waals surface area contributed by atoms with Gasteiger partial charge in [-0.1, -0.05) is 115 Å². The second-order valence-electron chi connectivity index (χ2n) is 10.9. The van der Waals surface area contributed by atoms with E-state index in [1.54, 1.807) is 0 Å². The molecule has 2 aromatic heterocycles. The monoisotopic (exact) mass is 555 g/mol. The van der Waals surface area contributed by atoms with Gasteiger partial charge in [0, 0.05) is 20.9 Å². The van der Waals surface area contributed by atoms with Gasteiger partial charge in [0.2, 0.25) is 5.96 Å². The van der Waals surface area contributed by atoms with E-state index in [-0.39, 0.29) is 6.04 Å². The molecule has 6 aromatic carbocycles. The lowest BCUT2D eigenvalue weighted by molar-refractivity contribution is 0.747. The molecule has 198 valence electrons. The quantitative estimate of drug-likeness (QED) is 0.226. The van der Waals surface area contributed by atoms with E-state index in [4.69, 9.17) is 4.99 Å². The molecule has 1 aliphatic heterocycles. The Kier molecular flexibility index (Phi) is 5.13. The highest BCUT2D eigenvalue weighted by Gasteiger charge is 2.29. The maximum absolute atomic E-state index is 5.38. The third-order valence-corrected chi connectivity index (χ3v) is 9.68. The van der Waals surface area contributed by atoms with Gasteiger partial charge < -0.3 is 5.32 Å². The van der Waals surface area contributed by atoms with Crippen molar-refractivity contribution in [3.8, 4) is 11.1 Å². The lowest BCUT2D eigenvalue weighted by Gasteiger charge is -2.26. The van der Waals surface area contributed by atoms with Gasteiger partial charge in [-0.25, -0.2) is 4.99 Å². The third-order valence-electron chi connectivity index (χ3n) is 8.45. The summed E-state index contributed by atoms with van der Waals surface area (Å²) in [5.74, 6) is 0.852. The fourth-order valence-electron chi connectivity index (χ4n) is 6.43. The lowest BCUT2D eigenvalue weighted by Crippen LogP contribution is -2.36. The summed E-state index contributed by atoms with van der Waals surface area (Å²) < 4.78 is 3.58. The van der Waals surface area contributed by atoms with Crippen molar-refractivity contribution in [3.63, 3.8) is 0 Å². The van der Waals surface area contributed by atoms with Crippen LogP contribution in [0.2, 0.25) is 0 Å². The van der Waals surface area contributed by atoms with Crippen LogP contribution < -0.4 is 5.32 Å². The minimum atomic E-state index is -0.0219. The van der Waals surface area contributed by atoms with Crippen LogP contribution in [0.15, 0.2) is 145 Å². The zero-order valence-electron chi connectivity index (χ0n) is 22.7. The molecule has 8 aromatic rings. The number of para-hydroxylation sites is 1. The van der Waals surface area contributed by atoms with Crippen molar-refractivity contribution in [3.05, 3.63) is 150 Å². The number of nitrogens with zero attached hydrogens (tertiary/aromatic N) is 2. The van der Waals surface area contributed by atoms with Crippen LogP contribution in [0.3, 0.4) is 0 Å². The van der Waals surface area contributed by atoms with E-state index < -0.39 is 0 Å². The minimum Gasteiger partial charge on any atom is -0.343 e. The van der Waals surface area contributed by atoms with Gasteiger partial charge in [0.05, 0.1) is 27.6 Å². The summed E-state index contributed by atoms with van der Waals surface area (Å²) in [7, 11) is 0. The highest BCUT2D eigenvalue weighted by Crippen LogP contribution is 2.46. The van der Waals surface area contributed by atoms with Gasteiger partial charge in [0.15, 0.2) is 0 Å². The second kappa shape index (κ2) is 9.16. The SMILES string of the molecule is c1ccc(-c2ccc(C3NC(n4c5ccccc5c5cc6ccccc6cc54)=Nc4c3sc3ccccc43)cc2)cc1. The van der Waals surface area contributed by atoms with Crippen LogP contribution in [0.5, 0.6) is 0 Å². The summed E-state index contributed by atoms with van der Waals surface area (Å²) in [5, 5.41) is 10.0. The number of rotatable bonds is 2. The van der Waals surface area contributed by atoms with Gasteiger partial charge in [-0.05, 0) is 51.7 Å². The summed E-state index contributed by atoms with van der Waals surface area (Å²) in [6.07, 6.45) is 0. The molecular weight excluding hydrogens is 531 g/mol. The largest absolute Gasteiger partial charge is 0.343 e. The Morgan fingerprint density at radius 1 is 0.571 bits per heavy atom. The van der Waals surface area contributed by atoms with Crippen LogP contribution in [0, 0.1) is 0 Å². The van der Waals surface area contributed by atoms with E-state index in [0.29, 0.717) is 0 Å². The average Bonchev–Trinajstić information content (AvgIpc) is 3.59. The third kappa shape index (κ3) is 3.55. The molecule has 1 atom stereocenters. The number of thiophene rings is 1. The van der Waals surface area contributed by atoms with Crippen LogP contribution in [0.1, 0.15) is 16.5 Å². The van der Waals surface area contributed by atoms with E-state index in [0.717, 1.165) is 22.7 Å². The molecule has 3 nitrogen and oxygen atoms in total. The Balaban J connectivity index is 1.27. The number of benzene rings is 6. The molecule has 0 amide bonds. The van der Waals surface area contributed by atoms with E-state index in [1.807, 2.05) is 11.3 Å². The van der Waals surface area contributed by atoms with Crippen molar-refractivity contribution < 1.29 is 0 Å². The molecule has 0 aliphatic carbocycles. The van der Waals surface area contributed by atoms with Crippen LogP contribution >= 0.6 is 11.3 Å². The standard InChI is InChI=1S/C38H25N3S/c1-2-10-24(11-3-1)25-18-20-26(21-19-25)35-37-36(30-15-7-9-17-34(30)42-37)40-38(39-35)41-32-16-8-6-14-29(32)31-22-27-12-4-5-13-28(27)23-33(31)41/h1-23,35H,(H,39,40). The first-order valence-corrected chi connectivity index (χ1v) is 15.1. The fourth-order valence-corrected chi connectivity index (χ4v) is 7.65. The van der Waals surface area contributed by atoms with Gasteiger partial charge in [-0.2, -0.15) is 0 Å². The van der Waals surface area contributed by atoms with Crippen molar-refractivity contribution in [2.45, 2.75) is 6.04 Å². The van der Waals surface area contributed by atoms with Crippen LogP contribution in [-0.2, 0) is 0 Å². The van der Waals surface area contributed by atoms with E-state index in [2.05, 4.69) is 149 Å². The zero-order chi connectivity index (χ0) is 27.6. The molecule has 0 saturated carbocycles. The molecule has 1 unspecified atom stereocenters. The van der Waals surface area contributed by atoms with Crippen LogP contribution in [0.4, 0.5) is 5.69 Å². The summed E-state index contributed by atoms with van der Waals surface area (Å²) >= 11 is 1.83. The summed E-state index contributed by atoms with van der Waals surface area (Å²) in [5.41, 5.74) is 7.03. The molecule has 0 fully saturated rings. The van der Waals surface area contributed by atoms with Crippen LogP contribution in [-0.4, -0.2) is 10.5 Å². The molecule has 1 aliphatic rings. The first kappa shape index (κ1) is 23.5. The van der Waals surface area contributed by atoms with Crippen molar-refractivity contribution in [1.82, 2.24) is 9.88 Å². The van der Waals surface area contributed by atoms with Crippen molar-refractivity contribution >= 4 is 65.6 Å². The first-order chi connectivity index (χ1) is 20.8. The van der Waals surface area contributed by atoms with Gasteiger partial charge in [0.25, 0.3) is 0 Å². The molecule has 42 heavy (non-hydrogen) atoms. The molecule has 0 spiro atoms. The molecule has 9 rings (SSSR count). The average molecular weight is 556 g/mol. The molecule has 0 radical (unpaired) electrons. The summed E-state index contributed by atoms with van der Waals surface area (Å²) in [6.45, 7) is 0. The predicted molar refractivity (Wildman–Crippen MR) is 178 cm³/mol. The van der Waals surface area contributed by atoms with Gasteiger partial charge >= 0.3 is 0 Å². The maximum atomic E-state index is 5.38. The lowest BCUT2D eigenvalue weighted by atomic mass is 9.98. The van der Waals surface area contributed by atoms with E-state index in [1.165, 1.54) is 53.2 Å². The molecule has 0 saturated heterocycles. The number of fused-ring (bicyclic) bond motifs is 7. The Labute approximate surface area is 247 Å². The smallest absolute Gasteiger partial charge is 0.209 e. The van der Waals surface area contributed by atoms with Gasteiger partial charge in [-0.15, -0.1) is 11.3 Å². The molecule has 0 bridgehead atoms. The number of hydrogen-bond donors (Lipinski definition) is 1. The topological polar surface area (TPSA) is 29.3 Å². The maximum Gasteiger partial charge on any atom is 0.209 e. The van der Waals surface area contributed by atoms with Gasteiger partial charge in [0.1, 0.15) is 0 Å². The first-order valence-electron chi connectivity index (χ1n) is 14.3. The van der Waals surface area contributed by atoms with Crippen LogP contribution in [0.25, 0.3) is 53.8 Å². The number of nitrogens with one attached hydrogen (secondary N) is 1. The molecule has 1 N–H and O–H groups in total. The Morgan fingerprint density at radius 2 is 1.24 bits per heavy atom. The second-order valence-corrected chi connectivity index (χ2v) is 12.0. The number of aromatic nitrogens is 1. The van der Waals surface area contributed by atoms with E-state index >= 15 is 0 Å². The minimum absolute atomic E-state index is 0.0219. The molecule has 4 heteroatoms. The molecule has 3 heterocycles. The zero-order valence-corrected chi connectivity index (χ0v) is 23.5.